The summed E-state index contributed by atoms with van der Waals surface area (Å²) in [6.07, 6.45) is -0.440. The summed E-state index contributed by atoms with van der Waals surface area (Å²) in [5.74, 6) is -0.0848. The van der Waals surface area contributed by atoms with Crippen LogP contribution < -0.4 is 4.90 Å². The maximum absolute atomic E-state index is 11.6. The summed E-state index contributed by atoms with van der Waals surface area (Å²) in [7, 11) is 0. The number of cyclic esters (lactones) is 1. The van der Waals surface area contributed by atoms with Crippen LogP contribution in [-0.2, 0) is 4.74 Å². The van der Waals surface area contributed by atoms with Crippen LogP contribution in [0.25, 0.3) is 0 Å². The summed E-state index contributed by atoms with van der Waals surface area (Å²) in [6, 6.07) is 8.76. The van der Waals surface area contributed by atoms with Gasteiger partial charge in [-0.15, -0.1) is 0 Å². The highest BCUT2D eigenvalue weighted by Gasteiger charge is 2.27. The van der Waals surface area contributed by atoms with Crippen molar-refractivity contribution in [3.63, 3.8) is 0 Å². The fourth-order valence-corrected chi connectivity index (χ4v) is 1.72. The Morgan fingerprint density at radius 3 is 3.12 bits per heavy atom. The topological polar surface area (TPSA) is 73.6 Å². The Balaban J connectivity index is 2.24. The lowest BCUT2D eigenvalue weighted by Gasteiger charge is -2.31. The van der Waals surface area contributed by atoms with Crippen LogP contribution in [0.5, 0.6) is 0 Å². The molecule has 1 amide bonds. The third-order valence-corrected chi connectivity index (χ3v) is 2.65. The Bertz CT molecular complexity index is 467. The molecule has 1 aliphatic rings. The Morgan fingerprint density at radius 1 is 1.59 bits per heavy atom. The maximum Gasteiger partial charge on any atom is 0.414 e. The van der Waals surface area contributed by atoms with Crippen LogP contribution in [0.15, 0.2) is 24.3 Å². The van der Waals surface area contributed by atoms with E-state index in [0.717, 1.165) is 0 Å². The number of hydrogen-bond acceptors (Lipinski definition) is 4. The van der Waals surface area contributed by atoms with E-state index in [1.807, 2.05) is 6.07 Å². The molecular weight excluding hydrogens is 220 g/mol. The number of amides is 1. The first-order valence-electron chi connectivity index (χ1n) is 5.30. The molecule has 0 radical (unpaired) electrons. The van der Waals surface area contributed by atoms with Crippen LogP contribution in [0.4, 0.5) is 10.5 Å². The molecule has 1 N–H and O–H groups in total. The van der Waals surface area contributed by atoms with Crippen molar-refractivity contribution in [3.8, 4) is 6.07 Å². The molecule has 2 rings (SSSR count). The van der Waals surface area contributed by atoms with Crippen molar-refractivity contribution in [1.82, 2.24) is 0 Å². The maximum atomic E-state index is 11.6. The van der Waals surface area contributed by atoms with Gasteiger partial charge in [-0.1, -0.05) is 6.07 Å². The molecule has 1 saturated heterocycles. The molecule has 1 heterocycles. The highest BCUT2D eigenvalue weighted by atomic mass is 16.6. The molecule has 1 aromatic carbocycles. The van der Waals surface area contributed by atoms with Gasteiger partial charge < -0.3 is 9.84 Å². The first-order valence-corrected chi connectivity index (χ1v) is 5.30. The summed E-state index contributed by atoms with van der Waals surface area (Å²) in [5, 5.41) is 17.9. The smallest absolute Gasteiger partial charge is 0.414 e. The first-order chi connectivity index (χ1) is 8.24. The van der Waals surface area contributed by atoms with E-state index < -0.39 is 6.09 Å². The van der Waals surface area contributed by atoms with E-state index in [9.17, 15) is 4.79 Å². The molecule has 17 heavy (non-hydrogen) atoms. The fraction of sp³-hybridized carbons (Fsp3) is 0.333. The van der Waals surface area contributed by atoms with Crippen molar-refractivity contribution in [3.05, 3.63) is 29.8 Å². The number of nitrogens with zero attached hydrogens (tertiary/aromatic N) is 2. The molecule has 0 spiro atoms. The Hall–Kier alpha value is -2.06. The summed E-state index contributed by atoms with van der Waals surface area (Å²) >= 11 is 0. The van der Waals surface area contributed by atoms with E-state index in [1.54, 1.807) is 24.3 Å². The van der Waals surface area contributed by atoms with Crippen LogP contribution in [-0.4, -0.2) is 31.0 Å². The average molecular weight is 232 g/mol. The molecule has 1 fully saturated rings. The van der Waals surface area contributed by atoms with Crippen molar-refractivity contribution < 1.29 is 14.6 Å². The number of hydrogen-bond donors (Lipinski definition) is 1. The lowest BCUT2D eigenvalue weighted by atomic mass is 10.1. The number of carbonyl (C=O) groups excluding carboxylic acids is 1. The quantitative estimate of drug-likeness (QED) is 0.829. The highest BCUT2D eigenvalue weighted by molar-refractivity contribution is 5.88. The fourth-order valence-electron chi connectivity index (χ4n) is 1.72. The van der Waals surface area contributed by atoms with E-state index in [-0.39, 0.29) is 19.1 Å². The van der Waals surface area contributed by atoms with Gasteiger partial charge in [-0.05, 0) is 18.2 Å². The van der Waals surface area contributed by atoms with Gasteiger partial charge in [-0.25, -0.2) is 4.79 Å². The second-order valence-corrected chi connectivity index (χ2v) is 3.90. The molecule has 5 nitrogen and oxygen atoms in total. The third kappa shape index (κ3) is 2.37. The third-order valence-electron chi connectivity index (χ3n) is 2.65. The number of ether oxygens (including phenoxy) is 1. The second-order valence-electron chi connectivity index (χ2n) is 3.90. The summed E-state index contributed by atoms with van der Waals surface area (Å²) in [5.41, 5.74) is 1.11. The van der Waals surface area contributed by atoms with Crippen LogP contribution in [0.3, 0.4) is 0 Å². The van der Waals surface area contributed by atoms with Gasteiger partial charge in [0.15, 0.2) is 0 Å². The van der Waals surface area contributed by atoms with E-state index in [1.165, 1.54) is 4.90 Å². The predicted octanol–water partition coefficient (Wildman–Crippen LogP) is 1.12. The van der Waals surface area contributed by atoms with E-state index in [0.29, 0.717) is 17.8 Å². The van der Waals surface area contributed by atoms with Crippen molar-refractivity contribution in [2.45, 2.75) is 0 Å². The number of carbonyl (C=O) groups is 1. The Labute approximate surface area is 98.8 Å². The standard InChI is InChI=1S/C12H12N2O3/c13-5-9-2-1-3-11(4-9)14-6-10(7-15)8-17-12(14)16/h1-4,10,15H,6-8H2. The van der Waals surface area contributed by atoms with Crippen molar-refractivity contribution in [2.75, 3.05) is 24.7 Å². The second kappa shape index (κ2) is 4.85. The zero-order valence-electron chi connectivity index (χ0n) is 9.17. The van der Waals surface area contributed by atoms with Gasteiger partial charge in [0.2, 0.25) is 0 Å². The first kappa shape index (κ1) is 11.4. The molecular formula is C12H12N2O3. The van der Waals surface area contributed by atoms with Crippen LogP contribution in [0.2, 0.25) is 0 Å². The summed E-state index contributed by atoms with van der Waals surface area (Å²) < 4.78 is 4.97. The molecule has 0 aliphatic carbocycles. The monoisotopic (exact) mass is 232 g/mol. The van der Waals surface area contributed by atoms with E-state index >= 15 is 0 Å². The minimum Gasteiger partial charge on any atom is -0.449 e. The van der Waals surface area contributed by atoms with E-state index in [4.69, 9.17) is 15.1 Å². The van der Waals surface area contributed by atoms with Crippen LogP contribution in [0, 0.1) is 17.2 Å². The highest BCUT2D eigenvalue weighted by Crippen LogP contribution is 2.21. The predicted molar refractivity (Wildman–Crippen MR) is 60.4 cm³/mol. The lowest BCUT2D eigenvalue weighted by Crippen LogP contribution is -2.44. The van der Waals surface area contributed by atoms with Crippen molar-refractivity contribution in [1.29, 1.82) is 5.26 Å². The summed E-state index contributed by atoms with van der Waals surface area (Å²) in [6.45, 7) is 0.621. The molecule has 0 saturated carbocycles. The molecule has 0 aromatic heterocycles. The van der Waals surface area contributed by atoms with Gasteiger partial charge in [0.05, 0.1) is 24.8 Å². The molecule has 1 atom stereocenters. The van der Waals surface area contributed by atoms with Gasteiger partial charge in [-0.2, -0.15) is 5.26 Å². The minimum atomic E-state index is -0.440. The zero-order valence-corrected chi connectivity index (χ0v) is 9.17. The number of aliphatic hydroxyl groups excluding tert-OH is 1. The SMILES string of the molecule is N#Cc1cccc(N2CC(CO)COC2=O)c1. The number of nitriles is 1. The number of benzene rings is 1. The molecule has 1 aliphatic heterocycles. The van der Waals surface area contributed by atoms with Gasteiger partial charge in [0.25, 0.3) is 0 Å². The number of anilines is 1. The Morgan fingerprint density at radius 2 is 2.41 bits per heavy atom. The normalized spacial score (nSPS) is 19.6. The molecule has 1 aromatic rings. The van der Waals surface area contributed by atoms with Crippen LogP contribution >= 0.6 is 0 Å². The summed E-state index contributed by atoms with van der Waals surface area (Å²) in [4.78, 5) is 13.0. The van der Waals surface area contributed by atoms with Gasteiger partial charge in [0, 0.05) is 18.2 Å². The number of rotatable bonds is 2. The van der Waals surface area contributed by atoms with Crippen molar-refractivity contribution in [2.24, 2.45) is 5.92 Å². The van der Waals surface area contributed by atoms with E-state index in [2.05, 4.69) is 0 Å². The Kier molecular flexibility index (Phi) is 3.26. The average Bonchev–Trinajstić information content (AvgIpc) is 2.39. The zero-order chi connectivity index (χ0) is 12.3. The van der Waals surface area contributed by atoms with Crippen LogP contribution in [0.1, 0.15) is 5.56 Å². The molecule has 1 unspecified atom stereocenters. The lowest BCUT2D eigenvalue weighted by molar-refractivity contribution is 0.0900. The van der Waals surface area contributed by atoms with Gasteiger partial charge in [-0.3, -0.25) is 4.90 Å². The van der Waals surface area contributed by atoms with Crippen molar-refractivity contribution >= 4 is 11.8 Å². The molecule has 88 valence electrons. The molecule has 0 bridgehead atoms. The number of aliphatic hydroxyl groups is 1. The van der Waals surface area contributed by atoms with Gasteiger partial charge in [0.1, 0.15) is 0 Å². The van der Waals surface area contributed by atoms with Gasteiger partial charge >= 0.3 is 6.09 Å². The molecule has 5 heteroatoms. The minimum absolute atomic E-state index is 0.0261. The largest absolute Gasteiger partial charge is 0.449 e.